The lowest BCUT2D eigenvalue weighted by Crippen LogP contribution is -2.19. The Labute approximate surface area is 246 Å². The molecule has 40 heavy (non-hydrogen) atoms. The number of anilines is 1. The number of carbonyl (C=O) groups excluding carboxylic acids is 2. The minimum Gasteiger partial charge on any atom is -0.396 e. The van der Waals surface area contributed by atoms with Gasteiger partial charge in [-0.3, -0.25) is 9.59 Å². The van der Waals surface area contributed by atoms with Gasteiger partial charge in [0.15, 0.2) is 0 Å². The number of hydrogen-bond donors (Lipinski definition) is 5. The number of amides is 2. The van der Waals surface area contributed by atoms with E-state index < -0.39 is 17.7 Å². The second kappa shape index (κ2) is 20.6. The monoisotopic (exact) mass is 605 g/mol. The second-order valence-electron chi connectivity index (χ2n) is 10.6. The van der Waals surface area contributed by atoms with Gasteiger partial charge < -0.3 is 26.2 Å². The number of carbonyl (C=O) groups is 2. The summed E-state index contributed by atoms with van der Waals surface area (Å²) in [6.45, 7) is 12.0. The third kappa shape index (κ3) is 16.7. The Morgan fingerprint density at radius 3 is 2.40 bits per heavy atom. The Morgan fingerprint density at radius 2 is 1.85 bits per heavy atom. The van der Waals surface area contributed by atoms with Crippen LogP contribution in [0.25, 0.3) is 0 Å². The zero-order valence-electron chi connectivity index (χ0n) is 23.8. The molecular formula is C29H43Cl2F2N3O4. The van der Waals surface area contributed by atoms with Gasteiger partial charge in [0, 0.05) is 43.8 Å². The predicted octanol–water partition coefficient (Wildman–Crippen LogP) is 5.82. The smallest absolute Gasteiger partial charge is 0.211 e. The molecule has 1 aromatic rings. The highest BCUT2D eigenvalue weighted by Crippen LogP contribution is 2.37. The number of halogens is 4. The van der Waals surface area contributed by atoms with E-state index in [0.717, 1.165) is 0 Å². The van der Waals surface area contributed by atoms with Crippen molar-refractivity contribution in [2.75, 3.05) is 31.6 Å². The fraction of sp³-hybridized carbons (Fsp3) is 0.517. The van der Waals surface area contributed by atoms with Crippen molar-refractivity contribution in [3.63, 3.8) is 0 Å². The minimum atomic E-state index is -0.589. The highest BCUT2D eigenvalue weighted by Gasteiger charge is 2.30. The number of aliphatic hydroxyl groups is 2. The lowest BCUT2D eigenvalue weighted by molar-refractivity contribution is -0.109. The van der Waals surface area contributed by atoms with Crippen molar-refractivity contribution in [1.29, 1.82) is 0 Å². The van der Waals surface area contributed by atoms with Gasteiger partial charge in [0.1, 0.15) is 11.6 Å². The molecule has 0 spiro atoms. The van der Waals surface area contributed by atoms with Crippen LogP contribution in [0.15, 0.2) is 47.3 Å². The van der Waals surface area contributed by atoms with Gasteiger partial charge in [0.2, 0.25) is 12.8 Å². The summed E-state index contributed by atoms with van der Waals surface area (Å²) in [5.41, 5.74) is 1.46. The highest BCUT2D eigenvalue weighted by molar-refractivity contribution is 6.31. The van der Waals surface area contributed by atoms with Gasteiger partial charge >= 0.3 is 0 Å². The summed E-state index contributed by atoms with van der Waals surface area (Å²) in [6.07, 6.45) is 7.72. The van der Waals surface area contributed by atoms with Crippen molar-refractivity contribution in [1.82, 2.24) is 10.6 Å². The fourth-order valence-electron chi connectivity index (χ4n) is 3.40. The van der Waals surface area contributed by atoms with E-state index in [4.69, 9.17) is 33.4 Å². The molecular weight excluding hydrogens is 563 g/mol. The zero-order chi connectivity index (χ0) is 30.7. The molecule has 226 valence electrons. The Balaban J connectivity index is 0.000000838. The van der Waals surface area contributed by atoms with Crippen LogP contribution in [0.2, 0.25) is 5.02 Å². The maximum absolute atomic E-state index is 14.3. The van der Waals surface area contributed by atoms with E-state index in [1.165, 1.54) is 24.3 Å². The van der Waals surface area contributed by atoms with E-state index in [0.29, 0.717) is 62.0 Å². The van der Waals surface area contributed by atoms with E-state index in [2.05, 4.69) is 43.6 Å². The number of rotatable bonds is 12. The summed E-state index contributed by atoms with van der Waals surface area (Å²) in [6, 6.07) is 2.64. The van der Waals surface area contributed by atoms with Gasteiger partial charge in [0.05, 0.1) is 16.2 Å². The maximum Gasteiger partial charge on any atom is 0.211 e. The first-order chi connectivity index (χ1) is 18.8. The molecule has 1 saturated heterocycles. The van der Waals surface area contributed by atoms with Gasteiger partial charge in [0.25, 0.3) is 0 Å². The van der Waals surface area contributed by atoms with Crippen molar-refractivity contribution in [3.05, 3.63) is 63.7 Å². The van der Waals surface area contributed by atoms with E-state index in [9.17, 15) is 18.4 Å². The number of aliphatic hydroxyl groups excluding tert-OH is 2. The molecule has 0 aromatic heterocycles. The van der Waals surface area contributed by atoms with Gasteiger partial charge in [-0.2, -0.15) is 0 Å². The first-order valence-corrected chi connectivity index (χ1v) is 13.8. The highest BCUT2D eigenvalue weighted by atomic mass is 35.5. The van der Waals surface area contributed by atoms with E-state index in [-0.39, 0.29) is 28.5 Å². The molecule has 3 atom stereocenters. The molecule has 5 N–H and O–H groups in total. The Kier molecular flexibility index (Phi) is 19.4. The fourth-order valence-corrected chi connectivity index (χ4v) is 3.70. The number of hydrogen-bond acceptors (Lipinski definition) is 5. The summed E-state index contributed by atoms with van der Waals surface area (Å²) in [5.74, 6) is -1.61. The molecule has 1 heterocycles. The first-order valence-electron chi connectivity index (χ1n) is 13.0. The van der Waals surface area contributed by atoms with E-state index >= 15 is 0 Å². The van der Waals surface area contributed by atoms with Crippen LogP contribution in [0.4, 0.5) is 14.5 Å². The Hall–Kier alpha value is -2.30. The molecule has 1 aliphatic rings. The van der Waals surface area contributed by atoms with Gasteiger partial charge in [-0.1, -0.05) is 63.0 Å². The molecule has 2 amide bonds. The Bertz CT molecular complexity index is 992. The van der Waals surface area contributed by atoms with Gasteiger partial charge in [-0.15, -0.1) is 0 Å². The molecule has 2 rings (SSSR count). The van der Waals surface area contributed by atoms with E-state index in [1.807, 2.05) is 0 Å². The van der Waals surface area contributed by atoms with Crippen LogP contribution in [0.1, 0.15) is 58.9 Å². The quantitative estimate of drug-likeness (QED) is 0.117. The van der Waals surface area contributed by atoms with E-state index in [1.54, 1.807) is 19.1 Å². The van der Waals surface area contributed by atoms with Crippen LogP contribution in [-0.4, -0.2) is 55.4 Å². The minimum absolute atomic E-state index is 0.00252. The summed E-state index contributed by atoms with van der Waals surface area (Å²) in [5, 5.41) is 25.3. The standard InChI is InChI=1S/C18H18Cl2F2N2O.C6H13NO3.C5H12/c1-2-3-4-14(19)16(21)5-11-8-23-9-13(11)12-6-17(22)15(20)7-18(12)24-10-25;8-4-2-6(10)1-3-7-5-9;1-5(2,3)4/h2-7,10-11,13,23H,8-9H2,1H3,(H,24,25);5-6,8,10H,1-4H2,(H,7,9);1-4H3/b3-2-,14-4+,16-5-;;. The average molecular weight is 607 g/mol. The SMILES string of the molecule is CC(C)(C)C.C\C=C/C=C(Cl)\C(F)=C\C1CNCC1c1cc(F)c(Cl)cc1NC=O.O=CNCCC(O)CCO. The van der Waals surface area contributed by atoms with Crippen LogP contribution in [0.5, 0.6) is 0 Å². The van der Waals surface area contributed by atoms with Crippen molar-refractivity contribution < 1.29 is 28.6 Å². The topological polar surface area (TPSA) is 111 Å². The molecule has 1 fully saturated rings. The number of allylic oxidation sites excluding steroid dienone is 5. The van der Waals surface area contributed by atoms with Crippen LogP contribution in [0, 0.1) is 17.2 Å². The second-order valence-corrected chi connectivity index (χ2v) is 11.4. The van der Waals surface area contributed by atoms with Crippen LogP contribution in [-0.2, 0) is 9.59 Å². The largest absolute Gasteiger partial charge is 0.396 e. The van der Waals surface area contributed by atoms with Crippen molar-refractivity contribution in [2.24, 2.45) is 11.3 Å². The number of benzene rings is 1. The van der Waals surface area contributed by atoms with Gasteiger partial charge in [-0.05, 0) is 55.0 Å². The van der Waals surface area contributed by atoms with Crippen molar-refractivity contribution in [2.45, 2.75) is 59.5 Å². The first kappa shape index (κ1) is 37.7. The molecule has 1 aliphatic heterocycles. The molecule has 0 bridgehead atoms. The van der Waals surface area contributed by atoms with Crippen LogP contribution < -0.4 is 16.0 Å². The normalized spacial score (nSPS) is 18.3. The van der Waals surface area contributed by atoms with Crippen molar-refractivity contribution in [3.8, 4) is 0 Å². The van der Waals surface area contributed by atoms with Crippen LogP contribution >= 0.6 is 23.2 Å². The molecule has 7 nitrogen and oxygen atoms in total. The van der Waals surface area contributed by atoms with Crippen LogP contribution in [0.3, 0.4) is 0 Å². The average Bonchev–Trinajstić information content (AvgIpc) is 3.32. The molecule has 11 heteroatoms. The zero-order valence-corrected chi connectivity index (χ0v) is 25.3. The lowest BCUT2D eigenvalue weighted by atomic mass is 9.87. The molecule has 0 radical (unpaired) electrons. The summed E-state index contributed by atoms with van der Waals surface area (Å²) < 4.78 is 28.2. The summed E-state index contributed by atoms with van der Waals surface area (Å²) in [4.78, 5) is 20.5. The Morgan fingerprint density at radius 1 is 1.20 bits per heavy atom. The molecule has 0 aliphatic carbocycles. The maximum atomic E-state index is 14.3. The summed E-state index contributed by atoms with van der Waals surface area (Å²) in [7, 11) is 0. The van der Waals surface area contributed by atoms with Crippen molar-refractivity contribution >= 4 is 41.7 Å². The number of nitrogens with one attached hydrogen (secondary N) is 3. The molecule has 1 aromatic carbocycles. The third-order valence-corrected chi connectivity index (χ3v) is 5.75. The predicted molar refractivity (Wildman–Crippen MR) is 160 cm³/mol. The lowest BCUT2D eigenvalue weighted by Gasteiger charge is -2.20. The molecule has 0 saturated carbocycles. The van der Waals surface area contributed by atoms with Gasteiger partial charge in [-0.25, -0.2) is 8.78 Å². The molecule has 3 unspecified atom stereocenters. The third-order valence-electron chi connectivity index (χ3n) is 5.16. The summed E-state index contributed by atoms with van der Waals surface area (Å²) >= 11 is 11.7.